The van der Waals surface area contributed by atoms with Crippen LogP contribution in [0.2, 0.25) is 0 Å². The van der Waals surface area contributed by atoms with Gasteiger partial charge in [-0.3, -0.25) is 4.79 Å². The Kier molecular flexibility index (Phi) is 14.5. The Morgan fingerprint density at radius 1 is 0.911 bits per heavy atom. The second kappa shape index (κ2) is 17.6. The Balaban J connectivity index is 1.19. The summed E-state index contributed by atoms with van der Waals surface area (Å²) in [5.41, 5.74) is 14.3. The largest absolute Gasteiger partial charge is 0.370 e. The van der Waals surface area contributed by atoms with Crippen LogP contribution in [-0.2, 0) is 9.53 Å². The van der Waals surface area contributed by atoms with Gasteiger partial charge < -0.3 is 26.8 Å². The van der Waals surface area contributed by atoms with E-state index >= 15 is 0 Å². The van der Waals surface area contributed by atoms with Crippen LogP contribution in [0.1, 0.15) is 131 Å². The first-order chi connectivity index (χ1) is 21.6. The Morgan fingerprint density at radius 2 is 1.64 bits per heavy atom. The highest BCUT2D eigenvalue weighted by Gasteiger charge is 2.59. The summed E-state index contributed by atoms with van der Waals surface area (Å²) in [6, 6.07) is -0.441. The fraction of sp³-hybridized carbons (Fsp3) is 0.923. The molecule has 260 valence electrons. The third-order valence-electron chi connectivity index (χ3n) is 13.3. The van der Waals surface area contributed by atoms with E-state index in [0.717, 1.165) is 100 Å². The quantitative estimate of drug-likeness (QED) is 0.0855. The van der Waals surface area contributed by atoms with Crippen LogP contribution in [-0.4, -0.2) is 57.3 Å². The minimum Gasteiger partial charge on any atom is -0.370 e. The van der Waals surface area contributed by atoms with Gasteiger partial charge in [0.2, 0.25) is 0 Å². The molecule has 0 aromatic carbocycles. The van der Waals surface area contributed by atoms with Crippen molar-refractivity contribution >= 4 is 5.78 Å². The number of unbranched alkanes of at least 4 members (excludes halogenated alkanes) is 1. The van der Waals surface area contributed by atoms with Gasteiger partial charge in [-0.2, -0.15) is 0 Å². The molecule has 0 saturated heterocycles. The number of carbonyl (C=O) groups excluding carboxylic acids is 1. The molecule has 0 heterocycles. The van der Waals surface area contributed by atoms with Crippen LogP contribution in [0.4, 0.5) is 0 Å². The molecule has 3 saturated carbocycles. The predicted octanol–water partition coefficient (Wildman–Crippen LogP) is 7.01. The number of nitrogens with one attached hydrogen (secondary N) is 2. The average molecular weight is 629 g/mol. The lowest BCUT2D eigenvalue weighted by atomic mass is 9.47. The van der Waals surface area contributed by atoms with Gasteiger partial charge in [-0.1, -0.05) is 65.5 Å². The van der Waals surface area contributed by atoms with Crippen molar-refractivity contribution in [3.8, 4) is 0 Å². The third kappa shape index (κ3) is 9.43. The van der Waals surface area contributed by atoms with E-state index in [1.807, 2.05) is 0 Å². The van der Waals surface area contributed by atoms with E-state index in [1.165, 1.54) is 57.8 Å². The number of ketones is 1. The normalized spacial score (nSPS) is 34.1. The summed E-state index contributed by atoms with van der Waals surface area (Å²) in [7, 11) is 0. The zero-order valence-electron chi connectivity index (χ0n) is 30.0. The highest BCUT2D eigenvalue weighted by molar-refractivity contribution is 5.84. The highest BCUT2D eigenvalue weighted by atomic mass is 16.5. The van der Waals surface area contributed by atoms with Crippen molar-refractivity contribution in [2.75, 3.05) is 39.3 Å². The summed E-state index contributed by atoms with van der Waals surface area (Å²) in [6.45, 7) is 17.3. The maximum Gasteiger partial charge on any atom is 0.175 e. The van der Waals surface area contributed by atoms with Crippen molar-refractivity contribution in [2.24, 2.45) is 57.8 Å². The molecule has 4 rings (SSSR count). The lowest BCUT2D eigenvalue weighted by Gasteiger charge is -2.58. The lowest BCUT2D eigenvalue weighted by Crippen LogP contribution is -2.51. The van der Waals surface area contributed by atoms with Crippen LogP contribution in [0.15, 0.2) is 11.6 Å². The number of rotatable bonds is 20. The molecule has 0 bridgehead atoms. The Bertz CT molecular complexity index is 938. The number of allylic oxidation sites excluding steroid dienone is 1. The molecule has 4 aliphatic rings. The van der Waals surface area contributed by atoms with E-state index in [4.69, 9.17) is 16.2 Å². The first kappa shape index (κ1) is 37.0. The summed E-state index contributed by atoms with van der Waals surface area (Å²) < 4.78 is 6.26. The van der Waals surface area contributed by atoms with E-state index in [9.17, 15) is 4.79 Å². The van der Waals surface area contributed by atoms with Crippen LogP contribution >= 0.6 is 0 Å². The predicted molar refractivity (Wildman–Crippen MR) is 189 cm³/mol. The third-order valence-corrected chi connectivity index (χ3v) is 13.3. The topological polar surface area (TPSA) is 102 Å². The van der Waals surface area contributed by atoms with Gasteiger partial charge in [-0.05, 0) is 156 Å². The van der Waals surface area contributed by atoms with E-state index in [1.54, 1.807) is 5.57 Å². The standard InChI is InChI=1S/C39H72N4O2/c1-28(2)10-8-11-29(3)33-14-15-34-32-13-12-30-26-31(16-19-38(30,4)35(32)17-20-39(33,34)5)45-27-37(44)36(41)18-25-43-23-7-6-22-42-24-9-21-40/h12,28-29,31-36,42-43H,6-11,13-27,40-41H2,1-5H3/t29-,31?,32+,33-,34+,35+,36?,38+,39-/m1/s1. The molecular formula is C39H72N4O2. The molecule has 9 atom stereocenters. The Hall–Kier alpha value is -0.790. The number of hydrogen-bond acceptors (Lipinski definition) is 6. The maximum absolute atomic E-state index is 12.8. The van der Waals surface area contributed by atoms with Crippen LogP contribution in [0.25, 0.3) is 0 Å². The average Bonchev–Trinajstić information content (AvgIpc) is 3.37. The summed E-state index contributed by atoms with van der Waals surface area (Å²) in [4.78, 5) is 12.8. The molecule has 0 aromatic rings. The zero-order valence-corrected chi connectivity index (χ0v) is 30.0. The Morgan fingerprint density at radius 3 is 2.38 bits per heavy atom. The number of carbonyl (C=O) groups is 1. The summed E-state index contributed by atoms with van der Waals surface area (Å²) in [5.74, 6) is 5.23. The van der Waals surface area contributed by atoms with E-state index in [-0.39, 0.29) is 18.5 Å². The van der Waals surface area contributed by atoms with Crippen molar-refractivity contribution in [3.05, 3.63) is 11.6 Å². The molecule has 0 aromatic heterocycles. The van der Waals surface area contributed by atoms with Crippen LogP contribution in [0.3, 0.4) is 0 Å². The van der Waals surface area contributed by atoms with Crippen LogP contribution in [0, 0.1) is 46.3 Å². The Labute approximate surface area is 277 Å². The molecule has 3 fully saturated rings. The van der Waals surface area contributed by atoms with E-state index in [0.29, 0.717) is 17.3 Å². The molecular weight excluding hydrogens is 556 g/mol. The van der Waals surface area contributed by atoms with Gasteiger partial charge in [0.1, 0.15) is 6.61 Å². The van der Waals surface area contributed by atoms with Gasteiger partial charge in [0.15, 0.2) is 5.78 Å². The lowest BCUT2D eigenvalue weighted by molar-refractivity contribution is -0.128. The molecule has 0 spiro atoms. The zero-order chi connectivity index (χ0) is 32.5. The second-order valence-corrected chi connectivity index (χ2v) is 16.7. The van der Waals surface area contributed by atoms with Gasteiger partial charge in [0.25, 0.3) is 0 Å². The number of ether oxygens (including phenoxy) is 1. The second-order valence-electron chi connectivity index (χ2n) is 16.7. The van der Waals surface area contributed by atoms with Crippen molar-refractivity contribution < 1.29 is 9.53 Å². The van der Waals surface area contributed by atoms with Gasteiger partial charge in [-0.25, -0.2) is 0 Å². The van der Waals surface area contributed by atoms with E-state index in [2.05, 4.69) is 51.3 Å². The fourth-order valence-corrected chi connectivity index (χ4v) is 10.5. The van der Waals surface area contributed by atoms with Crippen LogP contribution in [0.5, 0.6) is 0 Å². The molecule has 0 amide bonds. The van der Waals surface area contributed by atoms with Crippen LogP contribution < -0.4 is 22.1 Å². The minimum atomic E-state index is -0.441. The van der Waals surface area contributed by atoms with Gasteiger partial charge in [0.05, 0.1) is 12.1 Å². The highest BCUT2D eigenvalue weighted by Crippen LogP contribution is 2.67. The molecule has 0 radical (unpaired) electrons. The first-order valence-corrected chi connectivity index (χ1v) is 19.3. The summed E-state index contributed by atoms with van der Waals surface area (Å²) in [6.07, 6.45) is 21.2. The number of nitrogens with two attached hydrogens (primary N) is 2. The molecule has 2 unspecified atom stereocenters. The number of fused-ring (bicyclic) bond motifs is 5. The van der Waals surface area contributed by atoms with Gasteiger partial charge in [0, 0.05) is 0 Å². The smallest absolute Gasteiger partial charge is 0.175 e. The maximum atomic E-state index is 12.8. The monoisotopic (exact) mass is 629 g/mol. The first-order valence-electron chi connectivity index (χ1n) is 19.3. The minimum absolute atomic E-state index is 0.0488. The van der Waals surface area contributed by atoms with Crippen molar-refractivity contribution in [1.82, 2.24) is 10.6 Å². The van der Waals surface area contributed by atoms with Crippen molar-refractivity contribution in [3.63, 3.8) is 0 Å². The fourth-order valence-electron chi connectivity index (χ4n) is 10.5. The molecule has 45 heavy (non-hydrogen) atoms. The molecule has 4 aliphatic carbocycles. The molecule has 6 heteroatoms. The van der Waals surface area contributed by atoms with Gasteiger partial charge in [-0.15, -0.1) is 0 Å². The molecule has 6 N–H and O–H groups in total. The van der Waals surface area contributed by atoms with E-state index < -0.39 is 6.04 Å². The number of Topliss-reactive ketones (excluding diaryl/α,β-unsaturated/α-hetero) is 1. The molecule has 6 nitrogen and oxygen atoms in total. The van der Waals surface area contributed by atoms with Crippen molar-refractivity contribution in [2.45, 2.75) is 143 Å². The molecule has 0 aliphatic heterocycles. The SMILES string of the molecule is CC(C)CCC[C@@H](C)[C@H]1CC[C@H]2[C@@H]3CC=C4CC(OCC(=O)C(N)CCNCCCCNCCCN)CC[C@]4(C)[C@H]3CC[C@]12C. The summed E-state index contributed by atoms with van der Waals surface area (Å²) >= 11 is 0. The van der Waals surface area contributed by atoms with Gasteiger partial charge >= 0.3 is 0 Å². The van der Waals surface area contributed by atoms with Crippen molar-refractivity contribution in [1.29, 1.82) is 0 Å². The number of hydrogen-bond donors (Lipinski definition) is 4. The summed E-state index contributed by atoms with van der Waals surface area (Å²) in [5, 5.41) is 6.86.